The molecule has 4 heterocycles. The van der Waals surface area contributed by atoms with E-state index in [-0.39, 0.29) is 42.5 Å². The number of carbonyl (C=O) groups is 2. The number of nitrogens with zero attached hydrogens (tertiary/aromatic N) is 5. The second-order valence-electron chi connectivity index (χ2n) is 13.4. The topological polar surface area (TPSA) is 79.7 Å². The van der Waals surface area contributed by atoms with Crippen molar-refractivity contribution in [3.05, 3.63) is 80.3 Å². The van der Waals surface area contributed by atoms with Crippen LogP contribution in [0.3, 0.4) is 0 Å². The van der Waals surface area contributed by atoms with Crippen molar-refractivity contribution in [1.82, 2.24) is 19.6 Å². The number of carbonyl (C=O) groups excluding carboxylic acids is 2. The van der Waals surface area contributed by atoms with Crippen molar-refractivity contribution in [3.8, 4) is 0 Å². The Kier molecular flexibility index (Phi) is 9.53. The minimum absolute atomic E-state index is 0.0223. The van der Waals surface area contributed by atoms with Crippen LogP contribution in [0.2, 0.25) is 10.0 Å². The van der Waals surface area contributed by atoms with E-state index in [9.17, 15) is 14.7 Å². The van der Waals surface area contributed by atoms with Gasteiger partial charge in [-0.3, -0.25) is 14.5 Å². The fourth-order valence-corrected chi connectivity index (χ4v) is 9.22. The van der Waals surface area contributed by atoms with Crippen LogP contribution >= 0.6 is 35.0 Å². The molecule has 0 radical (unpaired) electrons. The third-order valence-electron chi connectivity index (χ3n) is 10.0. The molecule has 8 nitrogen and oxygen atoms in total. The predicted octanol–water partition coefficient (Wildman–Crippen LogP) is 6.14. The highest BCUT2D eigenvalue weighted by molar-refractivity contribution is 8.18. The van der Waals surface area contributed by atoms with Crippen molar-refractivity contribution in [2.45, 2.75) is 77.2 Å². The second-order valence-corrected chi connectivity index (χ2v) is 15.2. The van der Waals surface area contributed by atoms with Gasteiger partial charge in [-0.25, -0.2) is 4.99 Å². The molecule has 6 rings (SSSR count). The van der Waals surface area contributed by atoms with Gasteiger partial charge in [0, 0.05) is 54.0 Å². The fraction of sp³-hybridized carbons (Fsp3) is 0.514. The highest BCUT2D eigenvalue weighted by Crippen LogP contribution is 2.56. The molecule has 0 bridgehead atoms. The molecule has 246 valence electrons. The van der Waals surface area contributed by atoms with Gasteiger partial charge in [-0.05, 0) is 86.7 Å². The highest BCUT2D eigenvalue weighted by atomic mass is 35.5. The third-order valence-corrected chi connectivity index (χ3v) is 11.6. The number of amides is 2. The van der Waals surface area contributed by atoms with E-state index in [1.807, 2.05) is 58.3 Å². The van der Waals surface area contributed by atoms with E-state index in [2.05, 4.69) is 44.4 Å². The molecule has 11 heteroatoms. The van der Waals surface area contributed by atoms with Crippen LogP contribution in [0.5, 0.6) is 0 Å². The summed E-state index contributed by atoms with van der Waals surface area (Å²) in [6.45, 7) is 13.1. The number of benzene rings is 2. The molecule has 4 aliphatic rings. The van der Waals surface area contributed by atoms with Crippen molar-refractivity contribution in [3.63, 3.8) is 0 Å². The van der Waals surface area contributed by atoms with Gasteiger partial charge in [-0.1, -0.05) is 61.3 Å². The van der Waals surface area contributed by atoms with E-state index in [4.69, 9.17) is 28.2 Å². The maximum absolute atomic E-state index is 14.7. The van der Waals surface area contributed by atoms with E-state index in [1.54, 1.807) is 0 Å². The van der Waals surface area contributed by atoms with Gasteiger partial charge < -0.3 is 19.8 Å². The molecule has 2 saturated heterocycles. The van der Waals surface area contributed by atoms with Gasteiger partial charge in [-0.15, -0.1) is 0 Å². The molecule has 2 aromatic rings. The quantitative estimate of drug-likeness (QED) is 0.378. The van der Waals surface area contributed by atoms with E-state index < -0.39 is 11.6 Å². The summed E-state index contributed by atoms with van der Waals surface area (Å²) in [4.78, 5) is 42.9. The number of fused-ring (bicyclic) bond motifs is 1. The Balaban J connectivity index is 1.35. The summed E-state index contributed by atoms with van der Waals surface area (Å²) in [6, 6.07) is 15.1. The minimum Gasteiger partial charge on any atom is -0.395 e. The molecule has 2 fully saturated rings. The van der Waals surface area contributed by atoms with E-state index >= 15 is 0 Å². The minimum atomic E-state index is -0.649. The number of aliphatic hydroxyl groups is 1. The second kappa shape index (κ2) is 13.2. The highest BCUT2D eigenvalue weighted by Gasteiger charge is 2.54. The van der Waals surface area contributed by atoms with Gasteiger partial charge >= 0.3 is 0 Å². The lowest BCUT2D eigenvalue weighted by molar-refractivity contribution is -0.145. The van der Waals surface area contributed by atoms with E-state index in [0.717, 1.165) is 35.0 Å². The number of hydrogen-bond donors (Lipinski definition) is 1. The summed E-state index contributed by atoms with van der Waals surface area (Å²) in [5.41, 5.74) is 2.36. The van der Waals surface area contributed by atoms with Gasteiger partial charge in [0.2, 0.25) is 5.91 Å². The number of rotatable bonds is 7. The van der Waals surface area contributed by atoms with Gasteiger partial charge in [0.25, 0.3) is 5.91 Å². The Hall–Kier alpha value is -2.56. The van der Waals surface area contributed by atoms with Crippen molar-refractivity contribution < 1.29 is 14.7 Å². The molecule has 2 amide bonds. The summed E-state index contributed by atoms with van der Waals surface area (Å²) in [5.74, 6) is -0.0479. The van der Waals surface area contributed by atoms with Crippen LogP contribution in [0.4, 0.5) is 0 Å². The molecular weight excluding hydrogens is 641 g/mol. The molecule has 46 heavy (non-hydrogen) atoms. The third kappa shape index (κ3) is 5.87. The molecule has 5 atom stereocenters. The molecule has 1 N–H and O–H groups in total. The zero-order valence-corrected chi connectivity index (χ0v) is 29.4. The number of allylic oxidation sites excluding steroid dienone is 1. The molecule has 0 aromatic heterocycles. The Morgan fingerprint density at radius 1 is 1.00 bits per heavy atom. The molecule has 0 saturated carbocycles. The first-order valence-corrected chi connectivity index (χ1v) is 17.8. The van der Waals surface area contributed by atoms with Crippen molar-refractivity contribution >= 4 is 51.9 Å². The number of thioether (sulfide) groups is 1. The Morgan fingerprint density at radius 2 is 1.65 bits per heavy atom. The molecule has 0 aliphatic carbocycles. The van der Waals surface area contributed by atoms with Crippen LogP contribution in [-0.4, -0.2) is 92.6 Å². The van der Waals surface area contributed by atoms with E-state index in [1.165, 1.54) is 11.8 Å². The lowest BCUT2D eigenvalue weighted by atomic mass is 9.81. The standard InChI is InChI=1S/C35H43Cl2N5O3S/c1-21(2)29-30(33(45)41-22(3)6-15-28(41)32(44)40-17-16-39(18-19-43)23(4)20-40)46-34-38-35(5,25-9-13-27(37)14-10-25)31(42(29)34)24-7-11-26(36)12-8-24/h7-14,21-23,28,31,43H,6,15-20H2,1-5H3/t22-,23+,28-,31-,35+/m1/s1. The first kappa shape index (κ1) is 33.3. The lowest BCUT2D eigenvalue weighted by Crippen LogP contribution is -2.58. The van der Waals surface area contributed by atoms with Crippen molar-refractivity contribution in [2.24, 2.45) is 10.9 Å². The molecule has 4 aliphatic heterocycles. The van der Waals surface area contributed by atoms with Gasteiger partial charge in [0.05, 0.1) is 12.6 Å². The average Bonchev–Trinajstić information content (AvgIpc) is 3.67. The summed E-state index contributed by atoms with van der Waals surface area (Å²) in [6.07, 6.45) is 1.43. The predicted molar refractivity (Wildman–Crippen MR) is 186 cm³/mol. The smallest absolute Gasteiger partial charge is 0.263 e. The van der Waals surface area contributed by atoms with Crippen LogP contribution in [-0.2, 0) is 15.1 Å². The van der Waals surface area contributed by atoms with Gasteiger partial charge in [-0.2, -0.15) is 0 Å². The van der Waals surface area contributed by atoms with Crippen molar-refractivity contribution in [2.75, 3.05) is 32.8 Å². The maximum Gasteiger partial charge on any atom is 0.263 e. The zero-order valence-electron chi connectivity index (χ0n) is 27.1. The van der Waals surface area contributed by atoms with Gasteiger partial charge in [0.1, 0.15) is 16.5 Å². The van der Waals surface area contributed by atoms with Crippen LogP contribution in [0.1, 0.15) is 64.6 Å². The summed E-state index contributed by atoms with van der Waals surface area (Å²) < 4.78 is 0. The lowest BCUT2D eigenvalue weighted by Gasteiger charge is -2.41. The molecule has 2 aromatic carbocycles. The fourth-order valence-electron chi connectivity index (χ4n) is 7.62. The number of amidine groups is 1. The Bertz CT molecular complexity index is 1550. The van der Waals surface area contributed by atoms with Gasteiger partial charge in [0.15, 0.2) is 5.17 Å². The monoisotopic (exact) mass is 683 g/mol. The number of likely N-dealkylation sites (tertiary alicyclic amines) is 1. The summed E-state index contributed by atoms with van der Waals surface area (Å²) in [7, 11) is 0. The summed E-state index contributed by atoms with van der Waals surface area (Å²) in [5, 5.41) is 11.5. The largest absolute Gasteiger partial charge is 0.395 e. The number of piperazine rings is 1. The summed E-state index contributed by atoms with van der Waals surface area (Å²) >= 11 is 14.0. The Morgan fingerprint density at radius 3 is 2.26 bits per heavy atom. The van der Waals surface area contributed by atoms with Crippen LogP contribution in [0, 0.1) is 5.92 Å². The molecule has 0 spiro atoms. The van der Waals surface area contributed by atoms with Crippen LogP contribution in [0.15, 0.2) is 64.1 Å². The number of halogens is 2. The van der Waals surface area contributed by atoms with Crippen LogP contribution in [0.25, 0.3) is 0 Å². The first-order chi connectivity index (χ1) is 21.9. The number of aliphatic imine (C=N–C) groups is 1. The number of hydrogen-bond acceptors (Lipinski definition) is 7. The first-order valence-electron chi connectivity index (χ1n) is 16.2. The number of β-amino-alcohol motifs (C(OH)–C–C–N with tert-alkyl or cyclic N) is 1. The van der Waals surface area contributed by atoms with Crippen LogP contribution < -0.4 is 0 Å². The average molecular weight is 685 g/mol. The Labute approximate surface area is 286 Å². The number of aliphatic hydroxyl groups excluding tert-OH is 1. The molecular formula is C35H43Cl2N5O3S. The van der Waals surface area contributed by atoms with E-state index in [0.29, 0.717) is 41.0 Å². The SMILES string of the molecule is CC(C)C1=C(C(=O)N2[C@H](C)CC[C@@H]2C(=O)N2CCN(CCO)[C@@H](C)C2)SC2=N[C@@](C)(c3ccc(Cl)cc3)[C@@H](c3ccc(Cl)cc3)N21. The zero-order chi connectivity index (χ0) is 32.9. The van der Waals surface area contributed by atoms with Crippen molar-refractivity contribution in [1.29, 1.82) is 0 Å². The maximum atomic E-state index is 14.7. The molecule has 0 unspecified atom stereocenters. The normalized spacial score (nSPS) is 28.4.